The van der Waals surface area contributed by atoms with Gasteiger partial charge in [0, 0.05) is 45.0 Å². The van der Waals surface area contributed by atoms with E-state index in [1.165, 1.54) is 0 Å². The van der Waals surface area contributed by atoms with E-state index >= 15 is 0 Å². The van der Waals surface area contributed by atoms with Gasteiger partial charge in [-0.15, -0.1) is 0 Å². The summed E-state index contributed by atoms with van der Waals surface area (Å²) in [5.41, 5.74) is 1.06. The van der Waals surface area contributed by atoms with Gasteiger partial charge in [0.15, 0.2) is 0 Å². The molecule has 0 atom stereocenters. The Morgan fingerprint density at radius 3 is 2.65 bits per heavy atom. The summed E-state index contributed by atoms with van der Waals surface area (Å²) in [7, 11) is 0. The minimum atomic E-state index is 0.146. The lowest BCUT2D eigenvalue weighted by atomic mass is 10.3. The zero-order chi connectivity index (χ0) is 12.3. The molecule has 0 bridgehead atoms. The fourth-order valence-corrected chi connectivity index (χ4v) is 1.96. The van der Waals surface area contributed by atoms with Crippen molar-refractivity contribution in [1.29, 1.82) is 0 Å². The fourth-order valence-electron chi connectivity index (χ4n) is 1.96. The van der Waals surface area contributed by atoms with Crippen molar-refractivity contribution in [2.24, 2.45) is 0 Å². The van der Waals surface area contributed by atoms with Gasteiger partial charge in [-0.05, 0) is 12.5 Å². The third-order valence-corrected chi connectivity index (χ3v) is 3.07. The van der Waals surface area contributed by atoms with Crippen molar-refractivity contribution in [3.8, 4) is 0 Å². The Morgan fingerprint density at radius 1 is 1.35 bits per heavy atom. The molecule has 2 rings (SSSR count). The molecule has 1 aliphatic rings. The second-order valence-electron chi connectivity index (χ2n) is 4.19. The molecule has 1 aromatic heterocycles. The summed E-state index contributed by atoms with van der Waals surface area (Å²) < 4.78 is 0. The average molecular weight is 234 g/mol. The molecule has 1 aliphatic heterocycles. The van der Waals surface area contributed by atoms with Crippen LogP contribution in [0, 0.1) is 0 Å². The van der Waals surface area contributed by atoms with Gasteiger partial charge < -0.3 is 9.80 Å². The molecule has 0 unspecified atom stereocenters. The van der Waals surface area contributed by atoms with Crippen molar-refractivity contribution < 1.29 is 4.79 Å². The number of carbonyl (C=O) groups excluding carboxylic acids is 1. The molecular formula is C12H18N4O. The Bertz CT molecular complexity index is 399. The number of nitrogens with zero attached hydrogens (tertiary/aromatic N) is 4. The van der Waals surface area contributed by atoms with Gasteiger partial charge in [0.25, 0.3) is 0 Å². The Kier molecular flexibility index (Phi) is 3.56. The van der Waals surface area contributed by atoms with Crippen LogP contribution in [-0.2, 0) is 11.2 Å². The van der Waals surface area contributed by atoms with E-state index in [1.807, 2.05) is 11.0 Å². The maximum atomic E-state index is 11.2. The molecule has 0 saturated carbocycles. The quantitative estimate of drug-likeness (QED) is 0.756. The minimum absolute atomic E-state index is 0.146. The zero-order valence-corrected chi connectivity index (χ0v) is 10.4. The molecule has 5 nitrogen and oxygen atoms in total. The Labute approximate surface area is 101 Å². The molecule has 1 aromatic rings. The largest absolute Gasteiger partial charge is 0.339 e. The van der Waals surface area contributed by atoms with E-state index in [2.05, 4.69) is 21.8 Å². The number of rotatable bonds is 2. The first-order chi connectivity index (χ1) is 8.20. The highest BCUT2D eigenvalue weighted by molar-refractivity contribution is 5.73. The maximum absolute atomic E-state index is 11.2. The van der Waals surface area contributed by atoms with Gasteiger partial charge in [0.2, 0.25) is 11.9 Å². The summed E-state index contributed by atoms with van der Waals surface area (Å²) in [6.07, 6.45) is 2.72. The van der Waals surface area contributed by atoms with Gasteiger partial charge in [0.05, 0.1) is 0 Å². The van der Waals surface area contributed by atoms with Crippen LogP contribution in [-0.4, -0.2) is 47.0 Å². The number of aromatic nitrogens is 2. The van der Waals surface area contributed by atoms with Crippen molar-refractivity contribution in [3.05, 3.63) is 18.0 Å². The number of amides is 1. The highest BCUT2D eigenvalue weighted by Crippen LogP contribution is 2.11. The predicted molar refractivity (Wildman–Crippen MR) is 65.9 cm³/mol. The van der Waals surface area contributed by atoms with E-state index in [1.54, 1.807) is 13.1 Å². The number of carbonyl (C=O) groups is 1. The summed E-state index contributed by atoms with van der Waals surface area (Å²) in [5.74, 6) is 0.931. The molecule has 1 saturated heterocycles. The summed E-state index contributed by atoms with van der Waals surface area (Å²) in [6, 6.07) is 1.94. The molecule has 17 heavy (non-hydrogen) atoms. The van der Waals surface area contributed by atoms with E-state index < -0.39 is 0 Å². The van der Waals surface area contributed by atoms with E-state index in [0.717, 1.165) is 44.2 Å². The smallest absolute Gasteiger partial charge is 0.225 e. The molecule has 1 amide bonds. The van der Waals surface area contributed by atoms with Gasteiger partial charge in [-0.2, -0.15) is 0 Å². The summed E-state index contributed by atoms with van der Waals surface area (Å²) >= 11 is 0. The third kappa shape index (κ3) is 2.72. The van der Waals surface area contributed by atoms with Crippen LogP contribution in [0.5, 0.6) is 0 Å². The molecule has 0 radical (unpaired) electrons. The lowest BCUT2D eigenvalue weighted by Gasteiger charge is -2.34. The van der Waals surface area contributed by atoms with Crippen molar-refractivity contribution >= 4 is 11.9 Å². The SMILES string of the molecule is CCc1ccnc(N2CCN(C(C)=O)CC2)n1. The van der Waals surface area contributed by atoms with E-state index in [4.69, 9.17) is 0 Å². The van der Waals surface area contributed by atoms with Gasteiger partial charge in [0.1, 0.15) is 0 Å². The second kappa shape index (κ2) is 5.12. The van der Waals surface area contributed by atoms with Crippen LogP contribution in [0.25, 0.3) is 0 Å². The average Bonchev–Trinajstić information content (AvgIpc) is 2.39. The lowest BCUT2D eigenvalue weighted by Crippen LogP contribution is -2.48. The Morgan fingerprint density at radius 2 is 2.06 bits per heavy atom. The van der Waals surface area contributed by atoms with Crippen LogP contribution in [0.1, 0.15) is 19.5 Å². The molecule has 0 aromatic carbocycles. The van der Waals surface area contributed by atoms with E-state index in [0.29, 0.717) is 0 Å². The summed E-state index contributed by atoms with van der Waals surface area (Å²) in [6.45, 7) is 6.84. The highest BCUT2D eigenvalue weighted by Gasteiger charge is 2.20. The lowest BCUT2D eigenvalue weighted by molar-refractivity contribution is -0.129. The van der Waals surface area contributed by atoms with Crippen LogP contribution in [0.2, 0.25) is 0 Å². The molecule has 0 aliphatic carbocycles. The minimum Gasteiger partial charge on any atom is -0.339 e. The van der Waals surface area contributed by atoms with Crippen LogP contribution in [0.4, 0.5) is 5.95 Å². The Hall–Kier alpha value is -1.65. The van der Waals surface area contributed by atoms with Crippen molar-refractivity contribution in [2.45, 2.75) is 20.3 Å². The van der Waals surface area contributed by atoms with Gasteiger partial charge in [-0.1, -0.05) is 6.92 Å². The molecule has 2 heterocycles. The topological polar surface area (TPSA) is 49.3 Å². The number of hydrogen-bond acceptors (Lipinski definition) is 4. The molecule has 5 heteroatoms. The van der Waals surface area contributed by atoms with Crippen molar-refractivity contribution in [2.75, 3.05) is 31.1 Å². The molecule has 0 N–H and O–H groups in total. The number of anilines is 1. The summed E-state index contributed by atoms with van der Waals surface area (Å²) in [5, 5.41) is 0. The first-order valence-corrected chi connectivity index (χ1v) is 6.03. The standard InChI is InChI=1S/C12H18N4O/c1-3-11-4-5-13-12(14-11)16-8-6-15(7-9-16)10(2)17/h4-5H,3,6-9H2,1-2H3. The van der Waals surface area contributed by atoms with Crippen molar-refractivity contribution in [3.63, 3.8) is 0 Å². The predicted octanol–water partition coefficient (Wildman–Crippen LogP) is 0.707. The van der Waals surface area contributed by atoms with Crippen LogP contribution in [0.3, 0.4) is 0 Å². The fraction of sp³-hybridized carbons (Fsp3) is 0.583. The third-order valence-electron chi connectivity index (χ3n) is 3.07. The van der Waals surface area contributed by atoms with Gasteiger partial charge in [-0.25, -0.2) is 9.97 Å². The molecule has 92 valence electrons. The van der Waals surface area contributed by atoms with Crippen LogP contribution < -0.4 is 4.90 Å². The van der Waals surface area contributed by atoms with Crippen LogP contribution >= 0.6 is 0 Å². The monoisotopic (exact) mass is 234 g/mol. The van der Waals surface area contributed by atoms with Crippen molar-refractivity contribution in [1.82, 2.24) is 14.9 Å². The number of aryl methyl sites for hydroxylation is 1. The number of piperazine rings is 1. The van der Waals surface area contributed by atoms with E-state index in [-0.39, 0.29) is 5.91 Å². The highest BCUT2D eigenvalue weighted by atomic mass is 16.2. The summed E-state index contributed by atoms with van der Waals surface area (Å²) in [4.78, 5) is 24.0. The molecule has 1 fully saturated rings. The second-order valence-corrected chi connectivity index (χ2v) is 4.19. The van der Waals surface area contributed by atoms with Crippen LogP contribution in [0.15, 0.2) is 12.3 Å². The van der Waals surface area contributed by atoms with E-state index in [9.17, 15) is 4.79 Å². The normalized spacial score (nSPS) is 16.1. The van der Waals surface area contributed by atoms with Gasteiger partial charge in [-0.3, -0.25) is 4.79 Å². The Balaban J connectivity index is 2.02. The first-order valence-electron chi connectivity index (χ1n) is 6.03. The molecule has 0 spiro atoms. The number of hydrogen-bond donors (Lipinski definition) is 0. The first kappa shape index (κ1) is 11.8. The maximum Gasteiger partial charge on any atom is 0.225 e. The van der Waals surface area contributed by atoms with Gasteiger partial charge >= 0.3 is 0 Å². The molecular weight excluding hydrogens is 216 g/mol. The zero-order valence-electron chi connectivity index (χ0n) is 10.4.